The van der Waals surface area contributed by atoms with Gasteiger partial charge in [-0.15, -0.1) is 5.10 Å². The Hall–Kier alpha value is -2.24. The third-order valence-electron chi connectivity index (χ3n) is 3.95. The molecule has 2 unspecified atom stereocenters. The van der Waals surface area contributed by atoms with Gasteiger partial charge in [0.1, 0.15) is 5.82 Å². The molecule has 6 heteroatoms. The fourth-order valence-corrected chi connectivity index (χ4v) is 2.91. The van der Waals surface area contributed by atoms with Crippen molar-refractivity contribution >= 4 is 5.91 Å². The summed E-state index contributed by atoms with van der Waals surface area (Å²) in [7, 11) is 1.72. The average molecular weight is 288 g/mol. The second-order valence-electron chi connectivity index (χ2n) is 5.48. The van der Waals surface area contributed by atoms with Crippen molar-refractivity contribution in [1.82, 2.24) is 20.3 Å². The maximum Gasteiger partial charge on any atom is 0.273 e. The Kier molecular flexibility index (Phi) is 3.68. The molecule has 5 nitrogen and oxygen atoms in total. The molecule has 0 bridgehead atoms. The van der Waals surface area contributed by atoms with Crippen molar-refractivity contribution in [2.45, 2.75) is 31.2 Å². The van der Waals surface area contributed by atoms with Gasteiger partial charge < -0.3 is 5.32 Å². The van der Waals surface area contributed by atoms with Crippen LogP contribution in [0.25, 0.3) is 0 Å². The first kappa shape index (κ1) is 13.7. The van der Waals surface area contributed by atoms with E-state index in [1.165, 1.54) is 10.7 Å². The van der Waals surface area contributed by atoms with Crippen molar-refractivity contribution in [1.29, 1.82) is 0 Å². The first-order valence-corrected chi connectivity index (χ1v) is 7.05. The van der Waals surface area contributed by atoms with Gasteiger partial charge in [-0.3, -0.25) is 9.48 Å². The fourth-order valence-electron chi connectivity index (χ4n) is 2.91. The highest BCUT2D eigenvalue weighted by molar-refractivity contribution is 5.92. The lowest BCUT2D eigenvalue weighted by Crippen LogP contribution is -2.33. The normalized spacial score (nSPS) is 21.4. The number of aromatic nitrogens is 3. The maximum absolute atomic E-state index is 13.8. The quantitative estimate of drug-likeness (QED) is 0.940. The summed E-state index contributed by atoms with van der Waals surface area (Å²) in [6.07, 6.45) is 4.07. The van der Waals surface area contributed by atoms with Crippen LogP contribution in [0.1, 0.15) is 41.2 Å². The smallest absolute Gasteiger partial charge is 0.273 e. The van der Waals surface area contributed by atoms with E-state index in [4.69, 9.17) is 0 Å². The molecule has 1 heterocycles. The largest absolute Gasteiger partial charge is 0.348 e. The summed E-state index contributed by atoms with van der Waals surface area (Å²) in [5.41, 5.74) is 1.06. The van der Waals surface area contributed by atoms with Crippen LogP contribution in [0, 0.1) is 5.82 Å². The Morgan fingerprint density at radius 2 is 2.19 bits per heavy atom. The number of nitrogens with one attached hydrogen (secondary N) is 1. The SMILES string of the molecule is Cn1cc(C(=O)NC2CCC(c3ccccc3F)C2)nn1. The van der Waals surface area contributed by atoms with Gasteiger partial charge in [0, 0.05) is 13.1 Å². The zero-order valence-electron chi connectivity index (χ0n) is 11.8. The lowest BCUT2D eigenvalue weighted by atomic mass is 9.97. The summed E-state index contributed by atoms with van der Waals surface area (Å²) < 4.78 is 15.3. The van der Waals surface area contributed by atoms with Crippen LogP contribution in [0.2, 0.25) is 0 Å². The first-order chi connectivity index (χ1) is 10.1. The lowest BCUT2D eigenvalue weighted by Gasteiger charge is -2.13. The van der Waals surface area contributed by atoms with Gasteiger partial charge in [0.05, 0.1) is 6.20 Å². The van der Waals surface area contributed by atoms with Gasteiger partial charge in [0.25, 0.3) is 5.91 Å². The molecule has 1 N–H and O–H groups in total. The maximum atomic E-state index is 13.8. The van der Waals surface area contributed by atoms with E-state index in [9.17, 15) is 9.18 Å². The molecule has 21 heavy (non-hydrogen) atoms. The first-order valence-electron chi connectivity index (χ1n) is 7.05. The van der Waals surface area contributed by atoms with Crippen LogP contribution < -0.4 is 5.32 Å². The molecule has 3 rings (SSSR count). The molecule has 0 radical (unpaired) electrons. The van der Waals surface area contributed by atoms with E-state index < -0.39 is 0 Å². The Bertz CT molecular complexity index is 655. The number of aryl methyl sites for hydroxylation is 1. The van der Waals surface area contributed by atoms with E-state index in [-0.39, 0.29) is 23.7 Å². The van der Waals surface area contributed by atoms with Crippen LogP contribution >= 0.6 is 0 Å². The Morgan fingerprint density at radius 3 is 2.90 bits per heavy atom. The van der Waals surface area contributed by atoms with Gasteiger partial charge in [0.15, 0.2) is 5.69 Å². The molecule has 0 aliphatic heterocycles. The summed E-state index contributed by atoms with van der Waals surface area (Å²) >= 11 is 0. The summed E-state index contributed by atoms with van der Waals surface area (Å²) in [6, 6.07) is 6.92. The zero-order valence-corrected chi connectivity index (χ0v) is 11.8. The molecule has 1 amide bonds. The van der Waals surface area contributed by atoms with E-state index in [1.807, 2.05) is 12.1 Å². The molecule has 1 aromatic heterocycles. The molecule has 1 aromatic carbocycles. The molecule has 1 fully saturated rings. The van der Waals surface area contributed by atoms with Crippen molar-refractivity contribution in [2.24, 2.45) is 7.05 Å². The number of carbonyl (C=O) groups is 1. The number of hydrogen-bond donors (Lipinski definition) is 1. The fraction of sp³-hybridized carbons (Fsp3) is 0.400. The Morgan fingerprint density at radius 1 is 1.38 bits per heavy atom. The third-order valence-corrected chi connectivity index (χ3v) is 3.95. The summed E-state index contributed by atoms with van der Waals surface area (Å²) in [5.74, 6) is -0.218. The third kappa shape index (κ3) is 2.94. The van der Waals surface area contributed by atoms with Crippen molar-refractivity contribution in [3.8, 4) is 0 Å². The average Bonchev–Trinajstić information content (AvgIpc) is 3.08. The van der Waals surface area contributed by atoms with Crippen LogP contribution in [-0.2, 0) is 7.05 Å². The molecule has 1 saturated carbocycles. The van der Waals surface area contributed by atoms with Crippen molar-refractivity contribution < 1.29 is 9.18 Å². The van der Waals surface area contributed by atoms with Crippen molar-refractivity contribution in [2.75, 3.05) is 0 Å². The van der Waals surface area contributed by atoms with Gasteiger partial charge in [-0.1, -0.05) is 23.4 Å². The van der Waals surface area contributed by atoms with E-state index in [2.05, 4.69) is 15.6 Å². The highest BCUT2D eigenvalue weighted by Crippen LogP contribution is 2.35. The van der Waals surface area contributed by atoms with E-state index >= 15 is 0 Å². The molecule has 2 atom stereocenters. The van der Waals surface area contributed by atoms with Crippen LogP contribution in [0.15, 0.2) is 30.5 Å². The number of amides is 1. The molecular weight excluding hydrogens is 271 g/mol. The highest BCUT2D eigenvalue weighted by Gasteiger charge is 2.29. The number of halogens is 1. The predicted molar refractivity (Wildman–Crippen MR) is 75.2 cm³/mol. The molecule has 110 valence electrons. The molecule has 2 aromatic rings. The number of carbonyl (C=O) groups excluding carboxylic acids is 1. The van der Waals surface area contributed by atoms with Gasteiger partial charge >= 0.3 is 0 Å². The minimum Gasteiger partial charge on any atom is -0.348 e. The number of benzene rings is 1. The van der Waals surface area contributed by atoms with Crippen LogP contribution in [0.4, 0.5) is 4.39 Å². The van der Waals surface area contributed by atoms with Crippen LogP contribution in [0.3, 0.4) is 0 Å². The minimum atomic E-state index is -0.220. The zero-order chi connectivity index (χ0) is 14.8. The molecule has 1 aliphatic carbocycles. The molecular formula is C15H17FN4O. The predicted octanol–water partition coefficient (Wildman–Crippen LogP) is 2.02. The van der Waals surface area contributed by atoms with E-state index in [0.717, 1.165) is 24.8 Å². The van der Waals surface area contributed by atoms with Crippen molar-refractivity contribution in [3.63, 3.8) is 0 Å². The number of nitrogens with zero attached hydrogens (tertiary/aromatic N) is 3. The van der Waals surface area contributed by atoms with Gasteiger partial charge in [-0.2, -0.15) is 0 Å². The summed E-state index contributed by atoms with van der Waals surface area (Å²) in [5, 5.41) is 10.5. The van der Waals surface area contributed by atoms with E-state index in [1.54, 1.807) is 19.3 Å². The molecule has 1 aliphatic rings. The summed E-state index contributed by atoms with van der Waals surface area (Å²) in [6.45, 7) is 0. The van der Waals surface area contributed by atoms with Crippen LogP contribution in [-0.4, -0.2) is 26.9 Å². The van der Waals surface area contributed by atoms with Crippen LogP contribution in [0.5, 0.6) is 0 Å². The Balaban J connectivity index is 1.63. The van der Waals surface area contributed by atoms with E-state index in [0.29, 0.717) is 5.69 Å². The topological polar surface area (TPSA) is 59.8 Å². The molecule has 0 saturated heterocycles. The van der Waals surface area contributed by atoms with Gasteiger partial charge in [-0.05, 0) is 36.8 Å². The second-order valence-corrected chi connectivity index (χ2v) is 5.48. The van der Waals surface area contributed by atoms with Gasteiger partial charge in [-0.25, -0.2) is 4.39 Å². The second kappa shape index (κ2) is 5.63. The highest BCUT2D eigenvalue weighted by atomic mass is 19.1. The number of rotatable bonds is 3. The monoisotopic (exact) mass is 288 g/mol. The number of hydrogen-bond acceptors (Lipinski definition) is 3. The molecule has 0 spiro atoms. The minimum absolute atomic E-state index is 0.0594. The summed E-state index contributed by atoms with van der Waals surface area (Å²) in [4.78, 5) is 12.0. The lowest BCUT2D eigenvalue weighted by molar-refractivity contribution is 0.0932. The standard InChI is InChI=1S/C15H17FN4O/c1-20-9-14(18-19-20)15(21)17-11-7-6-10(8-11)12-4-2-3-5-13(12)16/h2-5,9-11H,6-8H2,1H3,(H,17,21). The van der Waals surface area contributed by atoms with Crippen molar-refractivity contribution in [3.05, 3.63) is 47.5 Å². The Labute approximate surface area is 122 Å². The van der Waals surface area contributed by atoms with Gasteiger partial charge in [0.2, 0.25) is 0 Å².